The second-order valence-corrected chi connectivity index (χ2v) is 8.53. The monoisotopic (exact) mass is 435 g/mol. The van der Waals surface area contributed by atoms with E-state index in [1.54, 1.807) is 6.26 Å². The minimum atomic E-state index is -0.597. The molecule has 3 aromatic rings. The minimum Gasteiger partial charge on any atom is -0.480 e. The molecule has 160 valence electrons. The zero-order valence-electron chi connectivity index (χ0n) is 17.2. The lowest BCUT2D eigenvalue weighted by molar-refractivity contribution is -0.132. The molecule has 1 aliphatic rings. The summed E-state index contributed by atoms with van der Waals surface area (Å²) in [4.78, 5) is 25.9. The Labute approximate surface area is 186 Å². The van der Waals surface area contributed by atoms with Crippen molar-refractivity contribution < 1.29 is 18.7 Å². The minimum absolute atomic E-state index is 0.00929. The van der Waals surface area contributed by atoms with Gasteiger partial charge in [-0.3, -0.25) is 9.59 Å². The molecule has 6 heteroatoms. The molecule has 31 heavy (non-hydrogen) atoms. The van der Waals surface area contributed by atoms with Crippen LogP contribution >= 0.6 is 11.8 Å². The number of hydrogen-bond acceptors (Lipinski definition) is 5. The third-order valence-electron chi connectivity index (χ3n) is 5.27. The number of nitrogens with one attached hydrogen (secondary N) is 1. The molecule has 0 saturated heterocycles. The summed E-state index contributed by atoms with van der Waals surface area (Å²) in [6.45, 7) is 0. The first-order valence-corrected chi connectivity index (χ1v) is 11.6. The molecule has 4 rings (SSSR count). The lowest BCUT2D eigenvalue weighted by Gasteiger charge is -2.27. The van der Waals surface area contributed by atoms with Crippen LogP contribution in [0, 0.1) is 0 Å². The van der Waals surface area contributed by atoms with E-state index in [1.165, 1.54) is 11.8 Å². The zero-order chi connectivity index (χ0) is 21.5. The lowest BCUT2D eigenvalue weighted by Crippen LogP contribution is -2.49. The van der Waals surface area contributed by atoms with Crippen molar-refractivity contribution in [1.82, 2.24) is 5.32 Å². The summed E-state index contributed by atoms with van der Waals surface area (Å²) in [5.41, 5.74) is 2.12. The van der Waals surface area contributed by atoms with Gasteiger partial charge in [0.2, 0.25) is 0 Å². The smallest absolute Gasteiger partial charge is 0.261 e. The molecular weight excluding hydrogens is 410 g/mol. The Bertz CT molecular complexity index is 1000. The predicted molar refractivity (Wildman–Crippen MR) is 121 cm³/mol. The van der Waals surface area contributed by atoms with Crippen LogP contribution in [0.3, 0.4) is 0 Å². The maximum Gasteiger partial charge on any atom is 0.261 e. The summed E-state index contributed by atoms with van der Waals surface area (Å²) in [7, 11) is 0. The van der Waals surface area contributed by atoms with Gasteiger partial charge in [0, 0.05) is 0 Å². The van der Waals surface area contributed by atoms with Gasteiger partial charge in [0.1, 0.15) is 11.5 Å². The van der Waals surface area contributed by atoms with Crippen LogP contribution in [-0.4, -0.2) is 29.6 Å². The number of para-hydroxylation sites is 1. The number of thioether (sulfide) groups is 1. The molecule has 0 spiro atoms. The fourth-order valence-corrected chi connectivity index (χ4v) is 4.49. The fourth-order valence-electron chi connectivity index (χ4n) is 3.62. The van der Waals surface area contributed by atoms with Crippen LogP contribution in [0.5, 0.6) is 5.75 Å². The summed E-state index contributed by atoms with van der Waals surface area (Å²) >= 11 is 1.49. The highest BCUT2D eigenvalue weighted by atomic mass is 32.2. The van der Waals surface area contributed by atoms with Gasteiger partial charge in [0.15, 0.2) is 11.9 Å². The van der Waals surface area contributed by atoms with Gasteiger partial charge in [0.25, 0.3) is 5.91 Å². The highest BCUT2D eigenvalue weighted by molar-refractivity contribution is 7.99. The van der Waals surface area contributed by atoms with E-state index in [-0.39, 0.29) is 11.7 Å². The molecule has 0 aliphatic carbocycles. The van der Waals surface area contributed by atoms with Crippen LogP contribution in [0.2, 0.25) is 0 Å². The van der Waals surface area contributed by atoms with E-state index in [0.717, 1.165) is 29.1 Å². The summed E-state index contributed by atoms with van der Waals surface area (Å²) in [6, 6.07) is 20.6. The maximum atomic E-state index is 13.0. The Kier molecular flexibility index (Phi) is 7.10. The average molecular weight is 436 g/mol. The van der Waals surface area contributed by atoms with Gasteiger partial charge in [0.05, 0.1) is 23.8 Å². The zero-order valence-corrected chi connectivity index (χ0v) is 18.0. The molecule has 1 amide bonds. The third-order valence-corrected chi connectivity index (χ3v) is 6.24. The molecule has 1 N–H and O–H groups in total. The molecule has 2 aromatic carbocycles. The van der Waals surface area contributed by atoms with Crippen molar-refractivity contribution in [3.05, 3.63) is 89.9 Å². The van der Waals surface area contributed by atoms with Gasteiger partial charge in [-0.1, -0.05) is 48.5 Å². The Hall–Kier alpha value is -2.99. The van der Waals surface area contributed by atoms with Crippen LogP contribution in [-0.2, 0) is 28.2 Å². The van der Waals surface area contributed by atoms with E-state index in [2.05, 4.69) is 5.32 Å². The summed E-state index contributed by atoms with van der Waals surface area (Å²) in [5.74, 6) is 2.24. The van der Waals surface area contributed by atoms with Crippen LogP contribution in [0.25, 0.3) is 0 Å². The van der Waals surface area contributed by atoms with Crippen LogP contribution in [0.4, 0.5) is 0 Å². The molecule has 2 heterocycles. The Balaban J connectivity index is 1.39. The number of carbonyl (C=O) groups excluding carboxylic acids is 2. The number of Topliss-reactive ketones (excluding diaryl/α,β-unsaturated/α-hetero) is 1. The molecule has 5 nitrogen and oxygen atoms in total. The number of benzene rings is 2. The first kappa shape index (κ1) is 21.2. The van der Waals surface area contributed by atoms with Gasteiger partial charge < -0.3 is 14.5 Å². The van der Waals surface area contributed by atoms with Gasteiger partial charge in [-0.15, -0.1) is 11.8 Å². The Morgan fingerprint density at radius 3 is 2.65 bits per heavy atom. The van der Waals surface area contributed by atoms with Gasteiger partial charge in [-0.2, -0.15) is 0 Å². The summed E-state index contributed by atoms with van der Waals surface area (Å²) < 4.78 is 11.2. The molecule has 2 atom stereocenters. The molecule has 0 fully saturated rings. The molecular formula is C25H25NO4S. The molecule has 0 saturated carbocycles. The largest absolute Gasteiger partial charge is 0.480 e. The number of furan rings is 1. The Morgan fingerprint density at radius 2 is 1.84 bits per heavy atom. The van der Waals surface area contributed by atoms with Gasteiger partial charge in [-0.25, -0.2) is 0 Å². The lowest BCUT2D eigenvalue weighted by atomic mass is 10.00. The van der Waals surface area contributed by atoms with E-state index in [0.29, 0.717) is 24.3 Å². The highest BCUT2D eigenvalue weighted by Gasteiger charge is 2.29. The number of hydrogen-bond donors (Lipinski definition) is 1. The molecule has 0 radical (unpaired) electrons. The molecule has 1 aliphatic heterocycles. The number of aryl methyl sites for hydroxylation is 1. The van der Waals surface area contributed by atoms with Gasteiger partial charge >= 0.3 is 0 Å². The average Bonchev–Trinajstić information content (AvgIpc) is 3.32. The molecule has 1 aromatic heterocycles. The predicted octanol–water partition coefficient (Wildman–Crippen LogP) is 4.20. The fraction of sp³-hybridized carbons (Fsp3) is 0.280. The summed E-state index contributed by atoms with van der Waals surface area (Å²) in [5, 5.41) is 2.96. The second kappa shape index (κ2) is 10.4. The van der Waals surface area contributed by atoms with Crippen molar-refractivity contribution >= 4 is 23.5 Å². The van der Waals surface area contributed by atoms with Crippen molar-refractivity contribution in [3.63, 3.8) is 0 Å². The highest BCUT2D eigenvalue weighted by Crippen LogP contribution is 2.27. The van der Waals surface area contributed by atoms with Crippen LogP contribution < -0.4 is 10.1 Å². The molecule has 0 bridgehead atoms. The van der Waals surface area contributed by atoms with E-state index >= 15 is 0 Å². The maximum absolute atomic E-state index is 13.0. The second-order valence-electron chi connectivity index (χ2n) is 7.54. The number of amides is 1. The van der Waals surface area contributed by atoms with Crippen LogP contribution in [0.1, 0.15) is 23.3 Å². The van der Waals surface area contributed by atoms with Crippen molar-refractivity contribution in [2.24, 2.45) is 0 Å². The van der Waals surface area contributed by atoms with Gasteiger partial charge in [-0.05, 0) is 48.6 Å². The standard InChI is InChI=1S/C25H25NO4S/c27-22(17-31-16-20-10-6-14-29-20)21(15-18-7-2-1-3-8-18)26-25(28)24-13-12-19-9-4-5-11-23(19)30-24/h1-11,14,21,24H,12-13,15-17H2,(H,26,28)/t21-,24?/m0/s1. The van der Waals surface area contributed by atoms with E-state index < -0.39 is 12.1 Å². The number of ether oxygens (including phenoxy) is 1. The number of fused-ring (bicyclic) bond motifs is 1. The quantitative estimate of drug-likeness (QED) is 0.546. The number of carbonyl (C=O) groups is 2. The van der Waals surface area contributed by atoms with E-state index in [1.807, 2.05) is 66.7 Å². The molecule has 1 unspecified atom stereocenters. The number of rotatable bonds is 9. The normalized spacial score (nSPS) is 16.1. The Morgan fingerprint density at radius 1 is 1.03 bits per heavy atom. The number of ketones is 1. The topological polar surface area (TPSA) is 68.5 Å². The summed E-state index contributed by atoms with van der Waals surface area (Å²) in [6.07, 6.45) is 2.87. The van der Waals surface area contributed by atoms with Crippen molar-refractivity contribution in [1.29, 1.82) is 0 Å². The van der Waals surface area contributed by atoms with E-state index in [4.69, 9.17) is 9.15 Å². The SMILES string of the molecule is O=C(N[C@@H](Cc1ccccc1)C(=O)CSCc1ccco1)C1CCc2ccccc2O1. The van der Waals surface area contributed by atoms with Crippen molar-refractivity contribution in [2.45, 2.75) is 37.2 Å². The third kappa shape index (κ3) is 5.79. The first-order valence-electron chi connectivity index (χ1n) is 10.4. The van der Waals surface area contributed by atoms with Crippen LogP contribution in [0.15, 0.2) is 77.4 Å². The van der Waals surface area contributed by atoms with Crippen molar-refractivity contribution in [2.75, 3.05) is 5.75 Å². The van der Waals surface area contributed by atoms with E-state index in [9.17, 15) is 9.59 Å². The first-order chi connectivity index (χ1) is 15.2. The van der Waals surface area contributed by atoms with Crippen molar-refractivity contribution in [3.8, 4) is 5.75 Å².